The lowest BCUT2D eigenvalue weighted by Crippen LogP contribution is -2.12. The van der Waals surface area contributed by atoms with Crippen molar-refractivity contribution in [1.82, 2.24) is 4.98 Å². The molecule has 6 heteroatoms. The van der Waals surface area contributed by atoms with Crippen LogP contribution in [0.25, 0.3) is 0 Å². The van der Waals surface area contributed by atoms with Crippen molar-refractivity contribution in [3.05, 3.63) is 53.9 Å². The van der Waals surface area contributed by atoms with E-state index in [4.69, 9.17) is 9.84 Å². The van der Waals surface area contributed by atoms with Crippen LogP contribution in [0.15, 0.2) is 42.6 Å². The predicted octanol–water partition coefficient (Wildman–Crippen LogP) is 1.97. The van der Waals surface area contributed by atoms with Gasteiger partial charge in [-0.15, -0.1) is 0 Å². The van der Waals surface area contributed by atoms with Gasteiger partial charge in [0.25, 0.3) is 5.91 Å². The fourth-order valence-corrected chi connectivity index (χ4v) is 1.70. The molecule has 0 spiro atoms. The van der Waals surface area contributed by atoms with Gasteiger partial charge in [0, 0.05) is 5.56 Å². The molecule has 0 fully saturated rings. The van der Waals surface area contributed by atoms with Crippen LogP contribution in [0, 0.1) is 0 Å². The number of ether oxygens (including phenoxy) is 1. The number of methoxy groups -OCH3 is 1. The number of carbonyl (C=O) groups is 2. The van der Waals surface area contributed by atoms with Gasteiger partial charge >= 0.3 is 5.97 Å². The summed E-state index contributed by atoms with van der Waals surface area (Å²) in [4.78, 5) is 26.5. The smallest absolute Gasteiger partial charge is 0.309 e. The molecule has 0 atom stereocenters. The van der Waals surface area contributed by atoms with E-state index in [2.05, 4.69) is 10.3 Å². The third kappa shape index (κ3) is 4.04. The average molecular weight is 286 g/mol. The number of hydrogen-bond acceptors (Lipinski definition) is 4. The molecule has 6 nitrogen and oxygen atoms in total. The molecule has 1 amide bonds. The quantitative estimate of drug-likeness (QED) is 0.877. The Labute approximate surface area is 121 Å². The molecule has 0 aliphatic heterocycles. The van der Waals surface area contributed by atoms with Gasteiger partial charge in [0.15, 0.2) is 0 Å². The average Bonchev–Trinajstić information content (AvgIpc) is 2.49. The number of anilines is 1. The Morgan fingerprint density at radius 1 is 1.19 bits per heavy atom. The lowest BCUT2D eigenvalue weighted by molar-refractivity contribution is -0.136. The zero-order valence-electron chi connectivity index (χ0n) is 11.4. The number of aliphatic carboxylic acids is 1. The highest BCUT2D eigenvalue weighted by Crippen LogP contribution is 2.13. The van der Waals surface area contributed by atoms with E-state index >= 15 is 0 Å². The van der Waals surface area contributed by atoms with Crippen molar-refractivity contribution in [2.75, 3.05) is 12.4 Å². The van der Waals surface area contributed by atoms with Gasteiger partial charge in [-0.25, -0.2) is 0 Å². The van der Waals surface area contributed by atoms with Crippen molar-refractivity contribution in [2.24, 2.45) is 0 Å². The first-order chi connectivity index (χ1) is 10.1. The molecule has 1 aromatic carbocycles. The topological polar surface area (TPSA) is 88.5 Å². The van der Waals surface area contributed by atoms with Crippen molar-refractivity contribution in [3.63, 3.8) is 0 Å². The number of hydrogen-bond donors (Lipinski definition) is 2. The van der Waals surface area contributed by atoms with Crippen LogP contribution >= 0.6 is 0 Å². The van der Waals surface area contributed by atoms with E-state index in [9.17, 15) is 9.59 Å². The van der Waals surface area contributed by atoms with Gasteiger partial charge in [0.05, 0.1) is 31.1 Å². The molecule has 0 aliphatic rings. The molecule has 2 aromatic rings. The monoisotopic (exact) mass is 286 g/mol. The van der Waals surface area contributed by atoms with E-state index in [-0.39, 0.29) is 12.3 Å². The first-order valence-electron chi connectivity index (χ1n) is 6.20. The Morgan fingerprint density at radius 2 is 1.90 bits per heavy atom. The first kappa shape index (κ1) is 14.5. The highest BCUT2D eigenvalue weighted by atomic mass is 16.5. The molecule has 0 saturated heterocycles. The minimum Gasteiger partial charge on any atom is -0.497 e. The van der Waals surface area contributed by atoms with Crippen molar-refractivity contribution in [2.45, 2.75) is 6.42 Å². The van der Waals surface area contributed by atoms with Gasteiger partial charge < -0.3 is 15.2 Å². The summed E-state index contributed by atoms with van der Waals surface area (Å²) in [6.07, 6.45) is 1.28. The van der Waals surface area contributed by atoms with Crippen LogP contribution in [0.3, 0.4) is 0 Å². The maximum absolute atomic E-state index is 12.0. The van der Waals surface area contributed by atoms with Crippen molar-refractivity contribution in [1.29, 1.82) is 0 Å². The van der Waals surface area contributed by atoms with Gasteiger partial charge in [-0.3, -0.25) is 14.6 Å². The molecule has 21 heavy (non-hydrogen) atoms. The van der Waals surface area contributed by atoms with Crippen LogP contribution in [0.1, 0.15) is 16.1 Å². The Kier molecular flexibility index (Phi) is 4.50. The van der Waals surface area contributed by atoms with E-state index in [0.717, 1.165) is 0 Å². The van der Waals surface area contributed by atoms with Crippen LogP contribution in [0.5, 0.6) is 5.75 Å². The van der Waals surface area contributed by atoms with E-state index in [1.165, 1.54) is 6.20 Å². The molecular weight excluding hydrogens is 272 g/mol. The number of aromatic nitrogens is 1. The summed E-state index contributed by atoms with van der Waals surface area (Å²) in [6, 6.07) is 9.89. The summed E-state index contributed by atoms with van der Waals surface area (Å²) in [5.41, 5.74) is 1.43. The standard InChI is InChI=1S/C15H14N2O4/c1-21-13-6-2-10(3-7-13)15(20)17-12-5-4-11(16-9-12)8-14(18)19/h2-7,9H,8H2,1H3,(H,17,20)(H,18,19). The molecule has 108 valence electrons. The third-order valence-electron chi connectivity index (χ3n) is 2.77. The zero-order valence-corrected chi connectivity index (χ0v) is 11.4. The lowest BCUT2D eigenvalue weighted by Gasteiger charge is -2.06. The molecular formula is C15H14N2O4. The normalized spacial score (nSPS) is 9.95. The van der Waals surface area contributed by atoms with E-state index in [0.29, 0.717) is 22.7 Å². The first-order valence-corrected chi connectivity index (χ1v) is 6.20. The van der Waals surface area contributed by atoms with Crippen molar-refractivity contribution in [3.8, 4) is 5.75 Å². The van der Waals surface area contributed by atoms with Crippen LogP contribution in [-0.2, 0) is 11.2 Å². The minimum atomic E-state index is -0.947. The molecule has 1 heterocycles. The second-order valence-electron chi connectivity index (χ2n) is 4.29. The maximum Gasteiger partial charge on any atom is 0.309 e. The summed E-state index contributed by atoms with van der Waals surface area (Å²) in [5.74, 6) is -0.547. The van der Waals surface area contributed by atoms with Gasteiger partial charge in [0.1, 0.15) is 5.75 Å². The highest BCUT2D eigenvalue weighted by molar-refractivity contribution is 6.04. The number of rotatable bonds is 5. The highest BCUT2D eigenvalue weighted by Gasteiger charge is 2.07. The van der Waals surface area contributed by atoms with Crippen LogP contribution in [0.4, 0.5) is 5.69 Å². The Morgan fingerprint density at radius 3 is 2.43 bits per heavy atom. The van der Waals surface area contributed by atoms with Crippen LogP contribution < -0.4 is 10.1 Å². The Balaban J connectivity index is 2.03. The SMILES string of the molecule is COc1ccc(C(=O)Nc2ccc(CC(=O)O)nc2)cc1. The number of amides is 1. The second kappa shape index (κ2) is 6.51. The fraction of sp³-hybridized carbons (Fsp3) is 0.133. The van der Waals surface area contributed by atoms with E-state index in [1.807, 2.05) is 0 Å². The van der Waals surface area contributed by atoms with Crippen molar-refractivity contribution >= 4 is 17.6 Å². The van der Waals surface area contributed by atoms with Gasteiger partial charge in [-0.2, -0.15) is 0 Å². The van der Waals surface area contributed by atoms with Gasteiger partial charge in [-0.1, -0.05) is 0 Å². The Hall–Kier alpha value is -2.89. The number of nitrogens with one attached hydrogen (secondary N) is 1. The maximum atomic E-state index is 12.0. The molecule has 2 rings (SSSR count). The van der Waals surface area contributed by atoms with Gasteiger partial charge in [0.2, 0.25) is 0 Å². The number of benzene rings is 1. The molecule has 1 aromatic heterocycles. The molecule has 2 N–H and O–H groups in total. The number of carboxylic acids is 1. The Bertz CT molecular complexity index is 636. The molecule has 0 saturated carbocycles. The lowest BCUT2D eigenvalue weighted by atomic mass is 10.2. The molecule has 0 aliphatic carbocycles. The largest absolute Gasteiger partial charge is 0.497 e. The molecule has 0 bridgehead atoms. The summed E-state index contributed by atoms with van der Waals surface area (Å²) in [5, 5.41) is 11.3. The fourth-order valence-electron chi connectivity index (χ4n) is 1.70. The molecule has 0 unspecified atom stereocenters. The number of pyridine rings is 1. The number of nitrogens with zero attached hydrogens (tertiary/aromatic N) is 1. The summed E-state index contributed by atoms with van der Waals surface area (Å²) < 4.78 is 5.02. The third-order valence-corrected chi connectivity index (χ3v) is 2.77. The van der Waals surface area contributed by atoms with Crippen molar-refractivity contribution < 1.29 is 19.4 Å². The number of carboxylic acid groups (broad SMARTS) is 1. The summed E-state index contributed by atoms with van der Waals surface area (Å²) >= 11 is 0. The zero-order chi connectivity index (χ0) is 15.2. The van der Waals surface area contributed by atoms with Gasteiger partial charge in [-0.05, 0) is 36.4 Å². The molecule has 0 radical (unpaired) electrons. The summed E-state index contributed by atoms with van der Waals surface area (Å²) in [6.45, 7) is 0. The number of carbonyl (C=O) groups excluding carboxylic acids is 1. The van der Waals surface area contributed by atoms with Crippen LogP contribution in [-0.4, -0.2) is 29.1 Å². The van der Waals surface area contributed by atoms with Crippen LogP contribution in [0.2, 0.25) is 0 Å². The summed E-state index contributed by atoms with van der Waals surface area (Å²) in [7, 11) is 1.55. The van der Waals surface area contributed by atoms with E-state index < -0.39 is 5.97 Å². The predicted molar refractivity (Wildman–Crippen MR) is 76.5 cm³/mol. The minimum absolute atomic E-state index is 0.146. The van der Waals surface area contributed by atoms with E-state index in [1.54, 1.807) is 43.5 Å². The second-order valence-corrected chi connectivity index (χ2v) is 4.29.